The molecule has 0 aliphatic carbocycles. The molecule has 0 aromatic heterocycles. The van der Waals surface area contributed by atoms with E-state index >= 15 is 0 Å². The molecular formula is C10H19N3O3S. The zero-order valence-electron chi connectivity index (χ0n) is 9.74. The van der Waals surface area contributed by atoms with Crippen LogP contribution in [-0.2, 0) is 9.84 Å². The van der Waals surface area contributed by atoms with Crippen LogP contribution in [0.1, 0.15) is 12.8 Å². The molecule has 2 rings (SSSR count). The number of rotatable bonds is 3. The number of amides is 2. The number of carbonyl (C=O) groups excluding carboxylic acids is 1. The molecule has 2 aliphatic rings. The summed E-state index contributed by atoms with van der Waals surface area (Å²) in [4.78, 5) is 11.5. The molecule has 0 spiro atoms. The molecule has 1 unspecified atom stereocenters. The molecule has 0 bridgehead atoms. The van der Waals surface area contributed by atoms with Crippen LogP contribution in [0.4, 0.5) is 4.79 Å². The van der Waals surface area contributed by atoms with Crippen molar-refractivity contribution in [3.63, 3.8) is 0 Å². The Morgan fingerprint density at radius 1 is 1.35 bits per heavy atom. The number of sulfone groups is 1. The van der Waals surface area contributed by atoms with E-state index in [4.69, 9.17) is 0 Å². The highest BCUT2D eigenvalue weighted by Gasteiger charge is 2.25. The van der Waals surface area contributed by atoms with Gasteiger partial charge in [0.15, 0.2) is 9.84 Å². The molecule has 17 heavy (non-hydrogen) atoms. The van der Waals surface area contributed by atoms with Crippen LogP contribution in [0, 0.1) is 5.92 Å². The van der Waals surface area contributed by atoms with Gasteiger partial charge in [-0.15, -0.1) is 0 Å². The van der Waals surface area contributed by atoms with Crippen LogP contribution in [0.3, 0.4) is 0 Å². The first-order valence-corrected chi connectivity index (χ1v) is 7.83. The lowest BCUT2D eigenvalue weighted by atomic mass is 10.1. The molecule has 2 heterocycles. The van der Waals surface area contributed by atoms with Crippen molar-refractivity contribution in [1.29, 1.82) is 0 Å². The van der Waals surface area contributed by atoms with Gasteiger partial charge in [-0.1, -0.05) is 0 Å². The maximum Gasteiger partial charge on any atom is 0.315 e. The number of hydrogen-bond donors (Lipinski definition) is 3. The Morgan fingerprint density at radius 2 is 2.12 bits per heavy atom. The first-order chi connectivity index (χ1) is 8.05. The average Bonchev–Trinajstić information content (AvgIpc) is 2.19. The molecule has 0 aromatic carbocycles. The molecule has 6 nitrogen and oxygen atoms in total. The molecule has 2 amide bonds. The van der Waals surface area contributed by atoms with Gasteiger partial charge in [0.2, 0.25) is 0 Å². The van der Waals surface area contributed by atoms with E-state index in [0.29, 0.717) is 18.7 Å². The van der Waals surface area contributed by atoms with E-state index < -0.39 is 9.84 Å². The number of hydrogen-bond acceptors (Lipinski definition) is 4. The topological polar surface area (TPSA) is 87.3 Å². The Hall–Kier alpha value is -0.820. The Labute approximate surface area is 101 Å². The van der Waals surface area contributed by atoms with E-state index in [9.17, 15) is 13.2 Å². The third kappa shape index (κ3) is 3.85. The fourth-order valence-corrected chi connectivity index (χ4v) is 3.92. The SMILES string of the molecule is O=C(NCC1CCCS(=O)(=O)C1)NC1CNC1. The monoisotopic (exact) mass is 261 g/mol. The Balaban J connectivity index is 1.68. The van der Waals surface area contributed by atoms with Gasteiger partial charge < -0.3 is 16.0 Å². The first kappa shape index (κ1) is 12.6. The quantitative estimate of drug-likeness (QED) is 0.613. The van der Waals surface area contributed by atoms with Gasteiger partial charge in [-0.05, 0) is 18.8 Å². The van der Waals surface area contributed by atoms with Gasteiger partial charge in [0.1, 0.15) is 0 Å². The zero-order chi connectivity index (χ0) is 12.3. The second kappa shape index (κ2) is 5.22. The van der Waals surface area contributed by atoms with E-state index in [0.717, 1.165) is 19.5 Å². The van der Waals surface area contributed by atoms with Crippen molar-refractivity contribution in [2.75, 3.05) is 31.1 Å². The van der Waals surface area contributed by atoms with Gasteiger partial charge in [0, 0.05) is 19.6 Å². The Morgan fingerprint density at radius 3 is 2.71 bits per heavy atom. The Bertz CT molecular complexity index is 378. The largest absolute Gasteiger partial charge is 0.338 e. The molecule has 3 N–H and O–H groups in total. The molecule has 0 aromatic rings. The highest BCUT2D eigenvalue weighted by Crippen LogP contribution is 2.17. The third-order valence-corrected chi connectivity index (χ3v) is 5.12. The van der Waals surface area contributed by atoms with Crippen molar-refractivity contribution < 1.29 is 13.2 Å². The fraction of sp³-hybridized carbons (Fsp3) is 0.900. The van der Waals surface area contributed by atoms with Crippen LogP contribution in [0.15, 0.2) is 0 Å². The summed E-state index contributed by atoms with van der Waals surface area (Å²) >= 11 is 0. The summed E-state index contributed by atoms with van der Waals surface area (Å²) < 4.78 is 22.8. The van der Waals surface area contributed by atoms with Gasteiger partial charge >= 0.3 is 6.03 Å². The Kier molecular flexibility index (Phi) is 3.88. The maximum atomic E-state index is 11.5. The van der Waals surface area contributed by atoms with Crippen LogP contribution < -0.4 is 16.0 Å². The molecule has 2 fully saturated rings. The van der Waals surface area contributed by atoms with E-state index in [-0.39, 0.29) is 23.7 Å². The number of urea groups is 1. The van der Waals surface area contributed by atoms with Crippen molar-refractivity contribution in [3.8, 4) is 0 Å². The molecule has 2 saturated heterocycles. The average molecular weight is 261 g/mol. The number of nitrogens with one attached hydrogen (secondary N) is 3. The van der Waals surface area contributed by atoms with Crippen LogP contribution in [-0.4, -0.2) is 51.6 Å². The number of carbonyl (C=O) groups is 1. The lowest BCUT2D eigenvalue weighted by molar-refractivity contribution is 0.229. The highest BCUT2D eigenvalue weighted by atomic mass is 32.2. The van der Waals surface area contributed by atoms with Crippen LogP contribution in [0.2, 0.25) is 0 Å². The van der Waals surface area contributed by atoms with E-state index in [2.05, 4.69) is 16.0 Å². The minimum Gasteiger partial charge on any atom is -0.338 e. The second-order valence-electron chi connectivity index (χ2n) is 4.83. The summed E-state index contributed by atoms with van der Waals surface area (Å²) in [6, 6.07) is 0.0181. The lowest BCUT2D eigenvalue weighted by Gasteiger charge is -2.28. The predicted octanol–water partition coefficient (Wildman–Crippen LogP) is -0.918. The molecule has 98 valence electrons. The minimum absolute atomic E-state index is 0.0685. The van der Waals surface area contributed by atoms with Crippen molar-refractivity contribution >= 4 is 15.9 Å². The second-order valence-corrected chi connectivity index (χ2v) is 7.06. The summed E-state index contributed by atoms with van der Waals surface area (Å²) in [5, 5.41) is 8.62. The molecule has 1 atom stereocenters. The standard InChI is InChI=1S/C10H19N3O3S/c14-10(13-9-5-11-6-9)12-4-8-2-1-3-17(15,16)7-8/h8-9,11H,1-7H2,(H2,12,13,14). The molecule has 0 radical (unpaired) electrons. The summed E-state index contributed by atoms with van der Waals surface area (Å²) in [5.41, 5.74) is 0. The van der Waals surface area contributed by atoms with Crippen LogP contribution in [0.25, 0.3) is 0 Å². The van der Waals surface area contributed by atoms with Crippen molar-refractivity contribution in [2.45, 2.75) is 18.9 Å². The molecule has 7 heteroatoms. The summed E-state index contributed by atoms with van der Waals surface area (Å²) in [7, 11) is -2.88. The first-order valence-electron chi connectivity index (χ1n) is 6.01. The molecule has 0 saturated carbocycles. The van der Waals surface area contributed by atoms with Crippen LogP contribution >= 0.6 is 0 Å². The van der Waals surface area contributed by atoms with Gasteiger partial charge in [0.25, 0.3) is 0 Å². The predicted molar refractivity (Wildman–Crippen MR) is 64.6 cm³/mol. The van der Waals surface area contributed by atoms with Gasteiger partial charge in [0.05, 0.1) is 17.5 Å². The zero-order valence-corrected chi connectivity index (χ0v) is 10.6. The summed E-state index contributed by atoms with van der Waals surface area (Å²) in [5.74, 6) is 0.570. The van der Waals surface area contributed by atoms with Crippen LogP contribution in [0.5, 0.6) is 0 Å². The third-order valence-electron chi connectivity index (χ3n) is 3.23. The smallest absolute Gasteiger partial charge is 0.315 e. The molecular weight excluding hydrogens is 242 g/mol. The lowest BCUT2D eigenvalue weighted by Crippen LogP contribution is -2.59. The van der Waals surface area contributed by atoms with Gasteiger partial charge in [-0.25, -0.2) is 13.2 Å². The minimum atomic E-state index is -2.88. The fourth-order valence-electron chi connectivity index (χ4n) is 2.14. The van der Waals surface area contributed by atoms with Crippen molar-refractivity contribution in [1.82, 2.24) is 16.0 Å². The summed E-state index contributed by atoms with van der Waals surface area (Å²) in [6.07, 6.45) is 1.59. The van der Waals surface area contributed by atoms with Crippen molar-refractivity contribution in [3.05, 3.63) is 0 Å². The van der Waals surface area contributed by atoms with E-state index in [1.54, 1.807) is 0 Å². The van der Waals surface area contributed by atoms with Crippen molar-refractivity contribution in [2.24, 2.45) is 5.92 Å². The van der Waals surface area contributed by atoms with E-state index in [1.165, 1.54) is 0 Å². The van der Waals surface area contributed by atoms with E-state index in [1.807, 2.05) is 0 Å². The highest BCUT2D eigenvalue weighted by molar-refractivity contribution is 7.91. The van der Waals surface area contributed by atoms with Gasteiger partial charge in [-0.3, -0.25) is 0 Å². The van der Waals surface area contributed by atoms with Gasteiger partial charge in [-0.2, -0.15) is 0 Å². The maximum absolute atomic E-state index is 11.5. The summed E-state index contributed by atoms with van der Waals surface area (Å²) in [6.45, 7) is 2.07. The normalized spacial score (nSPS) is 28.1. The molecule has 2 aliphatic heterocycles.